The number of ether oxygens (including phenoxy) is 1. The lowest BCUT2D eigenvalue weighted by Gasteiger charge is -2.10. The molecule has 20 heavy (non-hydrogen) atoms. The van der Waals surface area contributed by atoms with Crippen molar-refractivity contribution in [2.24, 2.45) is 0 Å². The first-order chi connectivity index (χ1) is 9.78. The minimum Gasteiger partial charge on any atom is -0.508 e. The maximum absolute atomic E-state index is 9.37. The Morgan fingerprint density at radius 1 is 1.05 bits per heavy atom. The Kier molecular flexibility index (Phi) is 3.09. The highest BCUT2D eigenvalue weighted by atomic mass is 16.5. The van der Waals surface area contributed by atoms with Crippen molar-refractivity contribution in [2.75, 3.05) is 7.11 Å². The van der Waals surface area contributed by atoms with Crippen molar-refractivity contribution >= 4 is 0 Å². The van der Waals surface area contributed by atoms with Gasteiger partial charge in [0.25, 0.3) is 5.89 Å². The molecule has 0 unspecified atom stereocenters. The van der Waals surface area contributed by atoms with Gasteiger partial charge in [0, 0.05) is 11.1 Å². The molecule has 0 saturated heterocycles. The normalized spacial score (nSPS) is 10.4. The molecule has 0 aliphatic carbocycles. The minimum absolute atomic E-state index is 0.223. The van der Waals surface area contributed by atoms with E-state index in [-0.39, 0.29) is 5.75 Å². The van der Waals surface area contributed by atoms with Gasteiger partial charge in [-0.3, -0.25) is 0 Å². The van der Waals surface area contributed by atoms with E-state index in [0.29, 0.717) is 5.89 Å². The van der Waals surface area contributed by atoms with E-state index in [1.54, 1.807) is 19.2 Å². The maximum Gasteiger partial charge on any atom is 0.257 e. The van der Waals surface area contributed by atoms with Crippen LogP contribution in [0.1, 0.15) is 0 Å². The van der Waals surface area contributed by atoms with Crippen LogP contribution in [0.15, 0.2) is 53.3 Å². The quantitative estimate of drug-likeness (QED) is 0.790. The molecule has 3 aromatic rings. The number of rotatable bonds is 3. The van der Waals surface area contributed by atoms with E-state index >= 15 is 0 Å². The van der Waals surface area contributed by atoms with E-state index in [1.165, 1.54) is 6.33 Å². The summed E-state index contributed by atoms with van der Waals surface area (Å²) in [4.78, 5) is 4.03. The number of phenolic OH excluding ortho intramolecular Hbond substituents is 1. The van der Waals surface area contributed by atoms with Crippen LogP contribution in [-0.4, -0.2) is 22.4 Å². The van der Waals surface area contributed by atoms with Gasteiger partial charge in [-0.2, -0.15) is 4.98 Å². The Morgan fingerprint density at radius 2 is 1.80 bits per heavy atom. The fourth-order valence-electron chi connectivity index (χ4n) is 2.01. The molecule has 0 amide bonds. The molecule has 0 atom stereocenters. The second-order valence-corrected chi connectivity index (χ2v) is 4.21. The predicted molar refractivity (Wildman–Crippen MR) is 73.4 cm³/mol. The fourth-order valence-corrected chi connectivity index (χ4v) is 2.01. The summed E-state index contributed by atoms with van der Waals surface area (Å²) in [5.74, 6) is 1.41. The second-order valence-electron chi connectivity index (χ2n) is 4.21. The third-order valence-corrected chi connectivity index (χ3v) is 2.99. The molecule has 1 N–H and O–H groups in total. The van der Waals surface area contributed by atoms with E-state index in [9.17, 15) is 5.11 Å². The summed E-state index contributed by atoms with van der Waals surface area (Å²) in [5.41, 5.74) is 2.63. The number of methoxy groups -OCH3 is 1. The molecule has 0 aliphatic heterocycles. The number of aromatic hydroxyl groups is 1. The first kappa shape index (κ1) is 12.2. The lowest BCUT2D eigenvalue weighted by atomic mass is 10.0. The van der Waals surface area contributed by atoms with Gasteiger partial charge in [0.15, 0.2) is 6.33 Å². The van der Waals surface area contributed by atoms with Gasteiger partial charge >= 0.3 is 0 Å². The van der Waals surface area contributed by atoms with Crippen molar-refractivity contribution in [1.29, 1.82) is 0 Å². The monoisotopic (exact) mass is 268 g/mol. The zero-order chi connectivity index (χ0) is 13.9. The lowest BCUT2D eigenvalue weighted by molar-refractivity contribution is 0.416. The summed E-state index contributed by atoms with van der Waals surface area (Å²) in [6, 6.07) is 12.5. The molecule has 100 valence electrons. The molecule has 0 aliphatic rings. The van der Waals surface area contributed by atoms with Crippen LogP contribution in [0.5, 0.6) is 11.5 Å². The Bertz CT molecular complexity index is 706. The zero-order valence-corrected chi connectivity index (χ0v) is 10.8. The van der Waals surface area contributed by atoms with Crippen LogP contribution in [0.2, 0.25) is 0 Å². The van der Waals surface area contributed by atoms with Gasteiger partial charge in [0.05, 0.1) is 7.11 Å². The molecule has 0 radical (unpaired) electrons. The SMILES string of the molecule is COc1ccc(-c2ncno2)cc1-c1ccc(O)cc1. The van der Waals surface area contributed by atoms with Crippen molar-refractivity contribution in [3.05, 3.63) is 48.8 Å². The number of phenols is 1. The van der Waals surface area contributed by atoms with Crippen LogP contribution >= 0.6 is 0 Å². The number of hydrogen-bond acceptors (Lipinski definition) is 5. The van der Waals surface area contributed by atoms with E-state index in [4.69, 9.17) is 9.26 Å². The summed E-state index contributed by atoms with van der Waals surface area (Å²) in [7, 11) is 1.62. The topological polar surface area (TPSA) is 68.4 Å². The summed E-state index contributed by atoms with van der Waals surface area (Å²) < 4.78 is 10.4. The van der Waals surface area contributed by atoms with Gasteiger partial charge in [-0.05, 0) is 35.9 Å². The van der Waals surface area contributed by atoms with E-state index < -0.39 is 0 Å². The average Bonchev–Trinajstić information content (AvgIpc) is 3.02. The number of hydrogen-bond donors (Lipinski definition) is 1. The minimum atomic E-state index is 0.223. The van der Waals surface area contributed by atoms with Crippen molar-refractivity contribution in [1.82, 2.24) is 10.1 Å². The van der Waals surface area contributed by atoms with E-state index in [2.05, 4.69) is 10.1 Å². The Morgan fingerprint density at radius 3 is 2.45 bits per heavy atom. The second kappa shape index (κ2) is 5.05. The van der Waals surface area contributed by atoms with Crippen LogP contribution in [0.25, 0.3) is 22.6 Å². The highest BCUT2D eigenvalue weighted by Gasteiger charge is 2.11. The van der Waals surface area contributed by atoms with Crippen molar-refractivity contribution < 1.29 is 14.4 Å². The molecule has 3 rings (SSSR count). The van der Waals surface area contributed by atoms with Crippen molar-refractivity contribution in [2.45, 2.75) is 0 Å². The first-order valence-corrected chi connectivity index (χ1v) is 6.02. The van der Waals surface area contributed by atoms with E-state index in [0.717, 1.165) is 22.4 Å². The largest absolute Gasteiger partial charge is 0.508 e. The summed E-state index contributed by atoms with van der Waals surface area (Å²) in [6.07, 6.45) is 1.36. The molecule has 0 spiro atoms. The Labute approximate surface area is 115 Å². The summed E-state index contributed by atoms with van der Waals surface area (Å²) in [5, 5.41) is 13.0. The molecule has 1 aromatic heterocycles. The van der Waals surface area contributed by atoms with Crippen LogP contribution < -0.4 is 4.74 Å². The Balaban J connectivity index is 2.12. The van der Waals surface area contributed by atoms with Crippen molar-refractivity contribution in [3.63, 3.8) is 0 Å². The summed E-state index contributed by atoms with van der Waals surface area (Å²) in [6.45, 7) is 0. The van der Waals surface area contributed by atoms with E-state index in [1.807, 2.05) is 30.3 Å². The lowest BCUT2D eigenvalue weighted by Crippen LogP contribution is -1.89. The molecule has 0 fully saturated rings. The molecular weight excluding hydrogens is 256 g/mol. The van der Waals surface area contributed by atoms with Gasteiger partial charge in [-0.1, -0.05) is 17.3 Å². The number of aromatic nitrogens is 2. The van der Waals surface area contributed by atoms with Crippen LogP contribution in [0.4, 0.5) is 0 Å². The highest BCUT2D eigenvalue weighted by Crippen LogP contribution is 2.34. The Hall–Kier alpha value is -2.82. The van der Waals surface area contributed by atoms with Crippen LogP contribution in [-0.2, 0) is 0 Å². The van der Waals surface area contributed by atoms with Crippen LogP contribution in [0.3, 0.4) is 0 Å². The third kappa shape index (κ3) is 2.21. The third-order valence-electron chi connectivity index (χ3n) is 2.99. The number of nitrogens with zero attached hydrogens (tertiary/aromatic N) is 2. The van der Waals surface area contributed by atoms with Crippen LogP contribution in [0, 0.1) is 0 Å². The average molecular weight is 268 g/mol. The first-order valence-electron chi connectivity index (χ1n) is 6.02. The fraction of sp³-hybridized carbons (Fsp3) is 0.0667. The predicted octanol–water partition coefficient (Wildman–Crippen LogP) is 3.12. The molecule has 1 heterocycles. The van der Waals surface area contributed by atoms with Gasteiger partial charge in [0.1, 0.15) is 11.5 Å². The summed E-state index contributed by atoms with van der Waals surface area (Å²) >= 11 is 0. The van der Waals surface area contributed by atoms with Gasteiger partial charge < -0.3 is 14.4 Å². The molecular formula is C15H12N2O3. The molecule has 2 aromatic carbocycles. The molecule has 0 bridgehead atoms. The molecule has 0 saturated carbocycles. The molecule has 5 nitrogen and oxygen atoms in total. The van der Waals surface area contributed by atoms with Crippen molar-refractivity contribution in [3.8, 4) is 34.1 Å². The zero-order valence-electron chi connectivity index (χ0n) is 10.8. The van der Waals surface area contributed by atoms with Gasteiger partial charge in [-0.15, -0.1) is 0 Å². The standard InChI is InChI=1S/C15H12N2O3/c1-19-14-7-4-11(15-16-9-17-20-15)8-13(14)10-2-5-12(18)6-3-10/h2-9,18H,1H3. The van der Waals surface area contributed by atoms with Gasteiger partial charge in [-0.25, -0.2) is 0 Å². The number of benzene rings is 2. The van der Waals surface area contributed by atoms with Gasteiger partial charge in [0.2, 0.25) is 0 Å². The smallest absolute Gasteiger partial charge is 0.257 e. The highest BCUT2D eigenvalue weighted by molar-refractivity contribution is 5.75. The maximum atomic E-state index is 9.37. The molecule has 5 heteroatoms.